The molecule has 1 atom stereocenters. The summed E-state index contributed by atoms with van der Waals surface area (Å²) in [6, 6.07) is 8.88. The van der Waals surface area contributed by atoms with Crippen molar-refractivity contribution in [3.63, 3.8) is 0 Å². The van der Waals surface area contributed by atoms with E-state index >= 15 is 0 Å². The zero-order valence-electron chi connectivity index (χ0n) is 19.0. The number of hydrogen-bond acceptors (Lipinski definition) is 8. The molecule has 1 N–H and O–H groups in total. The van der Waals surface area contributed by atoms with E-state index < -0.39 is 34.0 Å². The van der Waals surface area contributed by atoms with Gasteiger partial charge in [0, 0.05) is 36.0 Å². The van der Waals surface area contributed by atoms with Gasteiger partial charge in [0.1, 0.15) is 18.0 Å². The zero-order valence-corrected chi connectivity index (χ0v) is 19.8. The lowest BCUT2D eigenvalue weighted by Gasteiger charge is -2.22. The van der Waals surface area contributed by atoms with Crippen molar-refractivity contribution in [1.82, 2.24) is 29.6 Å². The number of nitrogens with one attached hydrogen (secondary N) is 1. The largest absolute Gasteiger partial charge is 0.451 e. The summed E-state index contributed by atoms with van der Waals surface area (Å²) in [7, 11) is -4.05. The number of rotatable bonds is 6. The predicted octanol–water partition coefficient (Wildman–Crippen LogP) is 3.17. The molecule has 10 nitrogen and oxygen atoms in total. The summed E-state index contributed by atoms with van der Waals surface area (Å²) in [5.41, 5.74) is 1.30. The molecule has 192 valence electrons. The molecule has 1 amide bonds. The van der Waals surface area contributed by atoms with Crippen molar-refractivity contribution >= 4 is 26.9 Å². The van der Waals surface area contributed by atoms with Gasteiger partial charge in [-0.25, -0.2) is 28.4 Å². The summed E-state index contributed by atoms with van der Waals surface area (Å²) in [4.78, 5) is 27.7. The molecule has 0 bridgehead atoms. The molecule has 0 unspecified atom stereocenters. The maximum Gasteiger partial charge on any atom is 0.451 e. The van der Waals surface area contributed by atoms with Crippen molar-refractivity contribution in [3.8, 4) is 11.3 Å². The smallest absolute Gasteiger partial charge is 0.443 e. The van der Waals surface area contributed by atoms with Gasteiger partial charge in [0.15, 0.2) is 0 Å². The molecule has 14 heteroatoms. The van der Waals surface area contributed by atoms with E-state index in [4.69, 9.17) is 4.42 Å². The summed E-state index contributed by atoms with van der Waals surface area (Å²) < 4.78 is 71.2. The van der Waals surface area contributed by atoms with Crippen LogP contribution in [-0.2, 0) is 27.5 Å². The Labute approximate surface area is 208 Å². The Balaban J connectivity index is 1.28. The molecule has 5 rings (SSSR count). The van der Waals surface area contributed by atoms with E-state index in [0.717, 1.165) is 16.7 Å². The van der Waals surface area contributed by atoms with Crippen molar-refractivity contribution in [3.05, 3.63) is 66.6 Å². The highest BCUT2D eigenvalue weighted by molar-refractivity contribution is 7.89. The highest BCUT2D eigenvalue weighted by Crippen LogP contribution is 2.30. The molecule has 1 aliphatic heterocycles. The van der Waals surface area contributed by atoms with Crippen molar-refractivity contribution in [1.29, 1.82) is 0 Å². The van der Waals surface area contributed by atoms with Gasteiger partial charge in [-0.15, -0.1) is 0 Å². The third-order valence-corrected chi connectivity index (χ3v) is 7.60. The molecule has 0 aliphatic carbocycles. The number of benzene rings is 1. The third-order valence-electron chi connectivity index (χ3n) is 5.84. The molecule has 0 spiro atoms. The molecule has 1 aromatic carbocycles. The van der Waals surface area contributed by atoms with Crippen LogP contribution in [0.4, 0.5) is 13.2 Å². The van der Waals surface area contributed by atoms with E-state index in [1.54, 1.807) is 24.3 Å². The normalized spacial score (nSPS) is 16.8. The van der Waals surface area contributed by atoms with Gasteiger partial charge in [-0.1, -0.05) is 18.2 Å². The minimum atomic E-state index is -4.66. The Morgan fingerprint density at radius 1 is 1.11 bits per heavy atom. The first kappa shape index (κ1) is 24.8. The van der Waals surface area contributed by atoms with E-state index in [9.17, 15) is 26.4 Å². The monoisotopic (exact) mass is 532 g/mol. The highest BCUT2D eigenvalue weighted by atomic mass is 32.2. The van der Waals surface area contributed by atoms with Gasteiger partial charge in [-0.3, -0.25) is 4.79 Å². The van der Waals surface area contributed by atoms with Crippen molar-refractivity contribution < 1.29 is 30.8 Å². The number of amides is 1. The van der Waals surface area contributed by atoms with Gasteiger partial charge in [-0.2, -0.15) is 17.5 Å². The Hall–Kier alpha value is -3.91. The lowest BCUT2D eigenvalue weighted by Crippen LogP contribution is -2.45. The number of fused-ring (bicyclic) bond motifs is 1. The first-order valence-corrected chi connectivity index (χ1v) is 12.6. The molecule has 1 aliphatic rings. The highest BCUT2D eigenvalue weighted by Gasteiger charge is 2.41. The number of sulfonamides is 1. The number of furan rings is 1. The summed E-state index contributed by atoms with van der Waals surface area (Å²) >= 11 is 0. The molecule has 1 saturated heterocycles. The van der Waals surface area contributed by atoms with Crippen LogP contribution in [-0.4, -0.2) is 51.2 Å². The Morgan fingerprint density at radius 3 is 2.59 bits per heavy atom. The van der Waals surface area contributed by atoms with Gasteiger partial charge >= 0.3 is 6.18 Å². The molecule has 4 heterocycles. The number of nitrogens with zero attached hydrogens (tertiary/aromatic N) is 5. The average molecular weight is 533 g/mol. The number of carbonyl (C=O) groups is 1. The fourth-order valence-corrected chi connectivity index (χ4v) is 5.65. The number of aromatic nitrogens is 4. The van der Waals surface area contributed by atoms with Crippen LogP contribution in [0, 0.1) is 0 Å². The quantitative estimate of drug-likeness (QED) is 0.401. The van der Waals surface area contributed by atoms with E-state index in [1.165, 1.54) is 18.5 Å². The van der Waals surface area contributed by atoms with Gasteiger partial charge in [-0.05, 0) is 25.0 Å². The molecule has 4 aromatic rings. The Kier molecular flexibility index (Phi) is 6.37. The Bertz CT molecular complexity index is 1520. The lowest BCUT2D eigenvalue weighted by molar-refractivity contribution is -0.145. The van der Waals surface area contributed by atoms with Crippen LogP contribution in [0.2, 0.25) is 0 Å². The summed E-state index contributed by atoms with van der Waals surface area (Å²) in [6.45, 7) is 0.119. The Morgan fingerprint density at radius 2 is 1.86 bits per heavy atom. The molecule has 1 fully saturated rings. The van der Waals surface area contributed by atoms with Crippen LogP contribution >= 0.6 is 0 Å². The van der Waals surface area contributed by atoms with Crippen LogP contribution in [0.25, 0.3) is 22.2 Å². The molecule has 3 aromatic heterocycles. The maximum atomic E-state index is 13.2. The second-order valence-corrected chi connectivity index (χ2v) is 10.1. The standard InChI is InChI=1S/C23H19F3N6O4S/c24-23(25,26)22-28-10-15(11-29-22)17-9-16(30-13-31-17)12-27-21(33)18-5-3-7-32(18)37(34,35)20-8-14-4-1-2-6-19(14)36-20/h1-2,4,6,8-11,13,18H,3,5,7,12H2,(H,27,33)/t18-/m0/s1. The summed E-state index contributed by atoms with van der Waals surface area (Å²) in [5, 5.41) is 3.09. The average Bonchev–Trinajstić information content (AvgIpc) is 3.55. The van der Waals surface area contributed by atoms with Crippen LogP contribution in [0.5, 0.6) is 0 Å². The summed E-state index contributed by atoms with van der Waals surface area (Å²) in [5.74, 6) is -1.77. The fraction of sp³-hybridized carbons (Fsp3) is 0.261. The van der Waals surface area contributed by atoms with Crippen molar-refractivity contribution in [2.45, 2.75) is 36.7 Å². The first-order valence-electron chi connectivity index (χ1n) is 11.1. The van der Waals surface area contributed by atoms with Gasteiger partial charge in [0.2, 0.25) is 16.8 Å². The lowest BCUT2D eigenvalue weighted by atomic mass is 10.2. The zero-order chi connectivity index (χ0) is 26.2. The molecular formula is C23H19F3N6O4S. The minimum absolute atomic E-state index is 0.0507. The number of para-hydroxylation sites is 1. The topological polar surface area (TPSA) is 131 Å². The van der Waals surface area contributed by atoms with E-state index in [0.29, 0.717) is 29.5 Å². The molecule has 0 saturated carbocycles. The maximum absolute atomic E-state index is 13.2. The number of halogens is 3. The molecular weight excluding hydrogens is 513 g/mol. The third kappa shape index (κ3) is 5.02. The minimum Gasteiger partial charge on any atom is -0.443 e. The number of hydrogen-bond donors (Lipinski definition) is 1. The first-order chi connectivity index (χ1) is 17.6. The van der Waals surface area contributed by atoms with Crippen molar-refractivity contribution in [2.75, 3.05) is 6.54 Å². The van der Waals surface area contributed by atoms with Crippen LogP contribution in [0.1, 0.15) is 24.4 Å². The van der Waals surface area contributed by atoms with Crippen molar-refractivity contribution in [2.24, 2.45) is 0 Å². The van der Waals surface area contributed by atoms with Crippen LogP contribution < -0.4 is 5.32 Å². The van der Waals surface area contributed by atoms with Gasteiger partial charge < -0.3 is 9.73 Å². The number of alkyl halides is 3. The van der Waals surface area contributed by atoms with E-state index in [2.05, 4.69) is 25.3 Å². The second-order valence-electron chi connectivity index (χ2n) is 8.28. The second kappa shape index (κ2) is 9.52. The number of carbonyl (C=O) groups excluding carboxylic acids is 1. The van der Waals surface area contributed by atoms with E-state index in [1.807, 2.05) is 0 Å². The predicted molar refractivity (Wildman–Crippen MR) is 123 cm³/mol. The molecule has 0 radical (unpaired) electrons. The van der Waals surface area contributed by atoms with Gasteiger partial charge in [0.05, 0.1) is 17.9 Å². The fourth-order valence-electron chi connectivity index (χ4n) is 4.04. The summed E-state index contributed by atoms with van der Waals surface area (Å²) in [6.07, 6.45) is -0.625. The van der Waals surface area contributed by atoms with Crippen LogP contribution in [0.3, 0.4) is 0 Å². The van der Waals surface area contributed by atoms with E-state index in [-0.39, 0.29) is 29.4 Å². The van der Waals surface area contributed by atoms with Gasteiger partial charge in [0.25, 0.3) is 10.0 Å². The van der Waals surface area contributed by atoms with Crippen LogP contribution in [0.15, 0.2) is 64.6 Å². The SMILES string of the molecule is O=C(NCc1cc(-c2cnc(C(F)(F)F)nc2)ncn1)[C@@H]1CCCN1S(=O)(=O)c1cc2ccccc2o1. The molecule has 37 heavy (non-hydrogen) atoms.